The summed E-state index contributed by atoms with van der Waals surface area (Å²) < 4.78 is 0. The lowest BCUT2D eigenvalue weighted by molar-refractivity contribution is -0.134. The fourth-order valence-electron chi connectivity index (χ4n) is 1.36. The molecule has 0 atom stereocenters. The lowest BCUT2D eigenvalue weighted by atomic mass is 10.2. The summed E-state index contributed by atoms with van der Waals surface area (Å²) in [6, 6.07) is 7.42. The van der Waals surface area contributed by atoms with E-state index in [-0.39, 0.29) is 0 Å². The maximum atomic E-state index is 11.1. The lowest BCUT2D eigenvalue weighted by Gasteiger charge is -1.99. The molecule has 0 fully saturated rings. The van der Waals surface area contributed by atoms with Gasteiger partial charge in [0.1, 0.15) is 0 Å². The Morgan fingerprint density at radius 1 is 1.27 bits per heavy atom. The Morgan fingerprint density at radius 3 is 2.73 bits per heavy atom. The number of aromatic nitrogens is 1. The Morgan fingerprint density at radius 2 is 2.00 bits per heavy atom. The molecule has 15 heavy (non-hydrogen) atoms. The van der Waals surface area contributed by atoms with E-state index >= 15 is 0 Å². The van der Waals surface area contributed by atoms with E-state index < -0.39 is 11.8 Å². The zero-order valence-corrected chi connectivity index (χ0v) is 7.78. The summed E-state index contributed by atoms with van der Waals surface area (Å²) >= 11 is 0. The van der Waals surface area contributed by atoms with Crippen molar-refractivity contribution in [2.24, 2.45) is 5.73 Å². The molecule has 0 saturated carbocycles. The maximum absolute atomic E-state index is 11.1. The number of H-pyrrole nitrogens is 1. The van der Waals surface area contributed by atoms with Crippen molar-refractivity contribution >= 4 is 28.4 Å². The first kappa shape index (κ1) is 9.26. The second-order valence-corrected chi connectivity index (χ2v) is 3.07. The standard InChI is InChI=1S/C10H9N3O2/c11-9(14)10(15)13-8-5-12-7-4-2-1-3-6(7)8/h1-5,12H,(H2,11,14)(H,13,15). The molecule has 0 unspecified atom stereocenters. The van der Waals surface area contributed by atoms with Gasteiger partial charge in [0.25, 0.3) is 0 Å². The number of benzene rings is 1. The van der Waals surface area contributed by atoms with Crippen molar-refractivity contribution in [3.63, 3.8) is 0 Å². The van der Waals surface area contributed by atoms with Gasteiger partial charge in [-0.25, -0.2) is 0 Å². The molecule has 2 rings (SSSR count). The normalized spacial score (nSPS) is 10.1. The number of fused-ring (bicyclic) bond motifs is 1. The summed E-state index contributed by atoms with van der Waals surface area (Å²) in [5, 5.41) is 3.26. The molecule has 0 spiro atoms. The van der Waals surface area contributed by atoms with E-state index in [1.54, 1.807) is 6.20 Å². The van der Waals surface area contributed by atoms with Crippen LogP contribution in [0.4, 0.5) is 5.69 Å². The smallest absolute Gasteiger partial charge is 0.313 e. The van der Waals surface area contributed by atoms with Gasteiger partial charge in [0, 0.05) is 17.1 Å². The molecule has 1 heterocycles. The largest absolute Gasteiger partial charge is 0.361 e. The van der Waals surface area contributed by atoms with Crippen LogP contribution in [-0.4, -0.2) is 16.8 Å². The van der Waals surface area contributed by atoms with Crippen molar-refractivity contribution in [3.05, 3.63) is 30.5 Å². The molecule has 0 radical (unpaired) electrons. The van der Waals surface area contributed by atoms with Gasteiger partial charge in [-0.1, -0.05) is 18.2 Å². The molecule has 5 nitrogen and oxygen atoms in total. The van der Waals surface area contributed by atoms with Crippen LogP contribution in [0.3, 0.4) is 0 Å². The number of carbonyl (C=O) groups is 2. The van der Waals surface area contributed by atoms with E-state index in [0.717, 1.165) is 10.9 Å². The van der Waals surface area contributed by atoms with E-state index in [9.17, 15) is 9.59 Å². The van der Waals surface area contributed by atoms with Gasteiger partial charge in [-0.15, -0.1) is 0 Å². The first-order chi connectivity index (χ1) is 7.18. The minimum Gasteiger partial charge on any atom is -0.361 e. The van der Waals surface area contributed by atoms with E-state index in [1.165, 1.54) is 0 Å². The molecule has 5 heteroatoms. The van der Waals surface area contributed by atoms with Crippen LogP contribution >= 0.6 is 0 Å². The predicted octanol–water partition coefficient (Wildman–Crippen LogP) is 0.592. The molecular formula is C10H9N3O2. The van der Waals surface area contributed by atoms with Gasteiger partial charge in [-0.3, -0.25) is 9.59 Å². The minimum absolute atomic E-state index is 0.550. The van der Waals surface area contributed by atoms with E-state index in [4.69, 9.17) is 5.73 Å². The predicted molar refractivity (Wildman–Crippen MR) is 56.1 cm³/mol. The van der Waals surface area contributed by atoms with E-state index in [2.05, 4.69) is 10.3 Å². The molecule has 2 aromatic rings. The van der Waals surface area contributed by atoms with Crippen molar-refractivity contribution < 1.29 is 9.59 Å². The van der Waals surface area contributed by atoms with Crippen LogP contribution < -0.4 is 11.1 Å². The molecule has 1 aromatic heterocycles. The number of primary amides is 1. The molecule has 4 N–H and O–H groups in total. The zero-order valence-electron chi connectivity index (χ0n) is 7.78. The molecule has 0 aliphatic carbocycles. The molecule has 2 amide bonds. The Bertz CT molecular complexity index is 530. The summed E-state index contributed by atoms with van der Waals surface area (Å²) in [4.78, 5) is 24.6. The molecular weight excluding hydrogens is 194 g/mol. The van der Waals surface area contributed by atoms with Crippen LogP contribution in [0, 0.1) is 0 Å². The summed E-state index contributed by atoms with van der Waals surface area (Å²) in [6.45, 7) is 0. The third-order valence-electron chi connectivity index (χ3n) is 2.06. The Kier molecular flexibility index (Phi) is 2.13. The highest BCUT2D eigenvalue weighted by molar-refractivity contribution is 6.39. The summed E-state index contributed by atoms with van der Waals surface area (Å²) in [6.07, 6.45) is 1.62. The number of rotatable bonds is 1. The van der Waals surface area contributed by atoms with Gasteiger partial charge >= 0.3 is 11.8 Å². The SMILES string of the molecule is NC(=O)C(=O)Nc1c[nH]c2ccccc12. The summed E-state index contributed by atoms with van der Waals surface area (Å²) in [7, 11) is 0. The van der Waals surface area contributed by atoms with Crippen LogP contribution in [0.25, 0.3) is 10.9 Å². The minimum atomic E-state index is -1.000. The third-order valence-corrected chi connectivity index (χ3v) is 2.06. The number of nitrogens with two attached hydrogens (primary N) is 1. The van der Waals surface area contributed by atoms with Crippen LogP contribution in [0.2, 0.25) is 0 Å². The quantitative estimate of drug-likeness (QED) is 0.592. The number of para-hydroxylation sites is 1. The van der Waals surface area contributed by atoms with Gasteiger partial charge in [-0.2, -0.15) is 0 Å². The highest BCUT2D eigenvalue weighted by Crippen LogP contribution is 2.22. The van der Waals surface area contributed by atoms with Crippen molar-refractivity contribution in [2.75, 3.05) is 5.32 Å². The van der Waals surface area contributed by atoms with E-state index in [0.29, 0.717) is 5.69 Å². The monoisotopic (exact) mass is 203 g/mol. The Labute approximate surface area is 85.3 Å². The Balaban J connectivity index is 2.37. The third kappa shape index (κ3) is 1.67. The lowest BCUT2D eigenvalue weighted by Crippen LogP contribution is -2.29. The molecule has 0 bridgehead atoms. The molecule has 0 aliphatic heterocycles. The van der Waals surface area contributed by atoms with Crippen LogP contribution in [0.5, 0.6) is 0 Å². The van der Waals surface area contributed by atoms with Gasteiger partial charge in [-0.05, 0) is 6.07 Å². The Hall–Kier alpha value is -2.30. The topological polar surface area (TPSA) is 88.0 Å². The average molecular weight is 203 g/mol. The summed E-state index contributed by atoms with van der Waals surface area (Å²) in [5.41, 5.74) is 6.27. The number of aromatic amines is 1. The molecule has 1 aromatic carbocycles. The second-order valence-electron chi connectivity index (χ2n) is 3.07. The molecule has 0 aliphatic rings. The molecule has 0 saturated heterocycles. The van der Waals surface area contributed by atoms with Gasteiger partial charge in [0.2, 0.25) is 0 Å². The zero-order chi connectivity index (χ0) is 10.8. The number of nitrogens with one attached hydrogen (secondary N) is 2. The number of anilines is 1. The number of amides is 2. The number of hydrogen-bond donors (Lipinski definition) is 3. The number of hydrogen-bond acceptors (Lipinski definition) is 2. The van der Waals surface area contributed by atoms with Crippen molar-refractivity contribution in [2.45, 2.75) is 0 Å². The fraction of sp³-hybridized carbons (Fsp3) is 0. The highest BCUT2D eigenvalue weighted by Gasteiger charge is 2.11. The van der Waals surface area contributed by atoms with Crippen molar-refractivity contribution in [1.29, 1.82) is 0 Å². The number of carbonyl (C=O) groups excluding carboxylic acids is 2. The summed E-state index contributed by atoms with van der Waals surface area (Å²) in [5.74, 6) is -1.82. The van der Waals surface area contributed by atoms with Crippen molar-refractivity contribution in [3.8, 4) is 0 Å². The first-order valence-corrected chi connectivity index (χ1v) is 4.35. The fourth-order valence-corrected chi connectivity index (χ4v) is 1.36. The van der Waals surface area contributed by atoms with Gasteiger partial charge < -0.3 is 16.0 Å². The average Bonchev–Trinajstić information content (AvgIpc) is 2.62. The second kappa shape index (κ2) is 3.45. The first-order valence-electron chi connectivity index (χ1n) is 4.35. The van der Waals surface area contributed by atoms with Crippen LogP contribution in [0.15, 0.2) is 30.5 Å². The van der Waals surface area contributed by atoms with Gasteiger partial charge in [0.15, 0.2) is 0 Å². The highest BCUT2D eigenvalue weighted by atomic mass is 16.2. The van der Waals surface area contributed by atoms with Crippen LogP contribution in [-0.2, 0) is 9.59 Å². The van der Waals surface area contributed by atoms with Crippen molar-refractivity contribution in [1.82, 2.24) is 4.98 Å². The van der Waals surface area contributed by atoms with Gasteiger partial charge in [0.05, 0.1) is 5.69 Å². The molecule has 76 valence electrons. The van der Waals surface area contributed by atoms with E-state index in [1.807, 2.05) is 24.3 Å². The maximum Gasteiger partial charge on any atom is 0.313 e. The van der Waals surface area contributed by atoms with Crippen LogP contribution in [0.1, 0.15) is 0 Å².